The number of aromatic nitrogens is 3. The molecule has 1 aromatic carbocycles. The molecule has 2 aliphatic heterocycles. The van der Waals surface area contributed by atoms with Crippen LogP contribution in [0.15, 0.2) is 33.9 Å². The zero-order valence-electron chi connectivity index (χ0n) is 27.5. The van der Waals surface area contributed by atoms with E-state index in [1.165, 1.54) is 24.3 Å². The topological polar surface area (TPSA) is 375 Å². The molecule has 24 heteroatoms. The molecule has 7 atom stereocenters. The van der Waals surface area contributed by atoms with Crippen LogP contribution >= 0.6 is 7.82 Å². The number of carbonyl (C=O) groups excluding carboxylic acids is 2. The molecule has 53 heavy (non-hydrogen) atoms. The fourth-order valence-electron chi connectivity index (χ4n) is 4.84. The van der Waals surface area contributed by atoms with Crippen LogP contribution in [0.5, 0.6) is 5.75 Å². The number of hydrogen-bond donors (Lipinski definition) is 11. The van der Waals surface area contributed by atoms with Crippen LogP contribution in [0.2, 0.25) is 0 Å². The van der Waals surface area contributed by atoms with Gasteiger partial charge >= 0.3 is 31.4 Å². The number of fused-ring (bicyclic) bond motifs is 2. The zero-order valence-corrected chi connectivity index (χ0v) is 28.4. The van der Waals surface area contributed by atoms with Gasteiger partial charge < -0.3 is 55.8 Å². The minimum absolute atomic E-state index is 0.0936. The molecule has 0 spiro atoms. The van der Waals surface area contributed by atoms with E-state index in [1.807, 2.05) is 15.6 Å². The number of aromatic amines is 1. The van der Waals surface area contributed by atoms with E-state index in [2.05, 4.69) is 14.0 Å². The highest BCUT2D eigenvalue weighted by molar-refractivity contribution is 7.47. The highest BCUT2D eigenvalue weighted by Crippen LogP contribution is 2.44. The summed E-state index contributed by atoms with van der Waals surface area (Å²) in [6.45, 7) is -0.910. The number of aliphatic hydroxyl groups is 3. The Kier molecular flexibility index (Phi) is 14.3. The molecule has 0 radical (unpaired) electrons. The van der Waals surface area contributed by atoms with Crippen molar-refractivity contribution in [2.75, 3.05) is 6.61 Å². The highest BCUT2D eigenvalue weighted by Gasteiger charge is 2.34. The van der Waals surface area contributed by atoms with Crippen LogP contribution in [0.4, 0.5) is 0 Å². The number of nitrogens with one attached hydrogen (secondary N) is 3. The monoisotopic (exact) mass is 773 g/mol. The van der Waals surface area contributed by atoms with Gasteiger partial charge in [0.05, 0.1) is 24.2 Å². The molecule has 0 fully saturated rings. The Balaban J connectivity index is 1.59. The first kappa shape index (κ1) is 42.1. The predicted molar refractivity (Wildman–Crippen MR) is 174 cm³/mol. The summed E-state index contributed by atoms with van der Waals surface area (Å²) in [5.41, 5.74) is -1.80. The van der Waals surface area contributed by atoms with Crippen LogP contribution in [-0.4, -0.2) is 128 Å². The highest BCUT2D eigenvalue weighted by atomic mass is 31.2. The Bertz CT molecular complexity index is 1980. The van der Waals surface area contributed by atoms with Crippen molar-refractivity contribution in [2.45, 2.75) is 75.7 Å². The number of phosphoric ester groups is 1. The number of phenolic OH excluding ortho intramolecular Hbond substituents is 1. The molecule has 0 aromatic heterocycles. The van der Waals surface area contributed by atoms with Gasteiger partial charge in [0.15, 0.2) is 5.82 Å². The fraction of sp³-hybridized carbons (Fsp3) is 0.448. The molecule has 0 bridgehead atoms. The molecular formula is C29H36N5O18P. The van der Waals surface area contributed by atoms with Crippen molar-refractivity contribution >= 4 is 48.4 Å². The lowest BCUT2D eigenvalue weighted by atomic mass is 10.1. The average Bonchev–Trinajstić information content (AvgIpc) is 3.06. The second-order valence-corrected chi connectivity index (χ2v) is 13.0. The maximum atomic E-state index is 12.5. The second kappa shape index (κ2) is 18.0. The van der Waals surface area contributed by atoms with Crippen LogP contribution in [0.25, 0.3) is 22.3 Å². The minimum atomic E-state index is -5.25. The van der Waals surface area contributed by atoms with Gasteiger partial charge in [-0.25, -0.2) is 18.9 Å². The Labute approximate surface area is 296 Å². The van der Waals surface area contributed by atoms with Gasteiger partial charge in [-0.05, 0) is 43.4 Å². The number of rotatable bonds is 20. The van der Waals surface area contributed by atoms with Crippen molar-refractivity contribution in [3.8, 4) is 17.1 Å². The molecule has 1 aromatic rings. The van der Waals surface area contributed by atoms with Crippen molar-refractivity contribution in [1.82, 2.24) is 25.2 Å². The molecule has 23 nitrogen and oxygen atoms in total. The van der Waals surface area contributed by atoms with E-state index in [1.54, 1.807) is 0 Å². The van der Waals surface area contributed by atoms with Crippen molar-refractivity contribution in [3.05, 3.63) is 45.1 Å². The van der Waals surface area contributed by atoms with E-state index < -0.39 is 124 Å². The van der Waals surface area contributed by atoms with Gasteiger partial charge in [-0.2, -0.15) is 4.98 Å². The predicted octanol–water partition coefficient (Wildman–Crippen LogP) is -2.72. The summed E-state index contributed by atoms with van der Waals surface area (Å²) in [7, 11) is -5.25. The molecule has 0 saturated heterocycles. The van der Waals surface area contributed by atoms with Crippen molar-refractivity contribution in [1.29, 1.82) is 0 Å². The Morgan fingerprint density at radius 2 is 1.57 bits per heavy atom. The number of phenols is 1. The Morgan fingerprint density at radius 1 is 0.943 bits per heavy atom. The lowest BCUT2D eigenvalue weighted by molar-refractivity contribution is -0.144. The minimum Gasteiger partial charge on any atom is -0.508 e. The molecule has 2 amide bonds. The van der Waals surface area contributed by atoms with E-state index in [4.69, 9.17) is 10.2 Å². The SMILES string of the molecule is C[C@H](OP(=O)(O)OC[C@@H](O)[C@@H](O)[C@@H](O)Cn1c2nc(=O)[nH]c(=O)c-2cc2ccc(O)cc21)C(=O)N[C@@H](CCC(=O)N[C@@H](CCC(=O)O)C(=O)O)C(=O)O. The average molecular weight is 774 g/mol. The maximum absolute atomic E-state index is 12.5. The maximum Gasteiger partial charge on any atom is 0.473 e. The Morgan fingerprint density at radius 3 is 2.19 bits per heavy atom. The molecule has 11 N–H and O–H groups in total. The lowest BCUT2D eigenvalue weighted by Crippen LogP contribution is -2.46. The van der Waals surface area contributed by atoms with Crippen molar-refractivity contribution < 1.29 is 78.2 Å². The van der Waals surface area contributed by atoms with Gasteiger partial charge in [-0.15, -0.1) is 0 Å². The largest absolute Gasteiger partial charge is 0.508 e. The zero-order chi connectivity index (χ0) is 39.8. The summed E-state index contributed by atoms with van der Waals surface area (Å²) in [6.07, 6.45) is -10.3. The number of phosphoric acid groups is 1. The number of amides is 2. The third kappa shape index (κ3) is 11.9. The second-order valence-electron chi connectivity index (χ2n) is 11.6. The van der Waals surface area contributed by atoms with Gasteiger partial charge in [-0.3, -0.25) is 33.2 Å². The summed E-state index contributed by atoms with van der Waals surface area (Å²) < 4.78 is 23.0. The molecular weight excluding hydrogens is 737 g/mol. The number of aliphatic carboxylic acids is 3. The van der Waals surface area contributed by atoms with E-state index in [9.17, 15) is 68.6 Å². The fourth-order valence-corrected chi connectivity index (χ4v) is 5.74. The van der Waals surface area contributed by atoms with Gasteiger partial charge in [0.1, 0.15) is 42.2 Å². The number of pyridine rings is 1. The molecule has 0 aliphatic carbocycles. The van der Waals surface area contributed by atoms with Crippen LogP contribution < -0.4 is 21.9 Å². The first-order valence-corrected chi connectivity index (χ1v) is 16.9. The smallest absolute Gasteiger partial charge is 0.473 e. The molecule has 2 aliphatic rings. The molecule has 1 unspecified atom stereocenters. The number of hydrogen-bond acceptors (Lipinski definition) is 15. The van der Waals surface area contributed by atoms with Gasteiger partial charge in [0, 0.05) is 18.9 Å². The van der Waals surface area contributed by atoms with E-state index in [0.29, 0.717) is 5.39 Å². The van der Waals surface area contributed by atoms with E-state index >= 15 is 0 Å². The summed E-state index contributed by atoms with van der Waals surface area (Å²) in [4.78, 5) is 98.5. The van der Waals surface area contributed by atoms with E-state index in [0.717, 1.165) is 11.5 Å². The van der Waals surface area contributed by atoms with Gasteiger partial charge in [0.25, 0.3) is 5.56 Å². The normalized spacial score (nSPS) is 16.1. The number of nitrogens with zero attached hydrogens (tertiary/aromatic N) is 2. The number of aromatic hydroxyl groups is 1. The Hall–Kier alpha value is -5.29. The van der Waals surface area contributed by atoms with Crippen molar-refractivity contribution in [3.63, 3.8) is 0 Å². The van der Waals surface area contributed by atoms with Crippen LogP contribution in [-0.2, 0) is 44.1 Å². The molecule has 3 rings (SSSR count). The summed E-state index contributed by atoms with van der Waals surface area (Å²) >= 11 is 0. The third-order valence-corrected chi connectivity index (χ3v) is 8.61. The van der Waals surface area contributed by atoms with Gasteiger partial charge in [0.2, 0.25) is 11.8 Å². The summed E-state index contributed by atoms with van der Waals surface area (Å²) in [6, 6.07) is 1.94. The van der Waals surface area contributed by atoms with Crippen LogP contribution in [0, 0.1) is 0 Å². The van der Waals surface area contributed by atoms with Crippen molar-refractivity contribution in [2.24, 2.45) is 0 Å². The molecule has 2 heterocycles. The quantitative estimate of drug-likeness (QED) is 0.0410. The van der Waals surface area contributed by atoms with E-state index in [-0.39, 0.29) is 22.7 Å². The first-order chi connectivity index (χ1) is 24.7. The molecule has 0 saturated carbocycles. The number of H-pyrrole nitrogens is 1. The summed E-state index contributed by atoms with van der Waals surface area (Å²) in [5, 5.41) is 73.4. The lowest BCUT2D eigenvalue weighted by Gasteiger charge is -2.26. The van der Waals surface area contributed by atoms with Crippen LogP contribution in [0.1, 0.15) is 32.6 Å². The van der Waals surface area contributed by atoms with Crippen LogP contribution in [0.3, 0.4) is 0 Å². The van der Waals surface area contributed by atoms with Gasteiger partial charge in [-0.1, -0.05) is 0 Å². The number of carboxylic acids is 3. The standard InChI is InChI=1S/C29H36N5O18P/c1-12(25(42)31-17(28(46)47)4-6-21(38)30-16(27(44)45)5-7-22(39)40)52-53(49,50)51-11-20(37)23(41)19(36)10-34-18-9-14(35)3-2-13(18)8-15-24(34)32-29(48)33-26(15)43/h2-3,8-9,12,16-17,19-20,23,35-37,41H,4-7,10-11H2,1H3,(H,30,38)(H,31,42)(H,39,40)(H,44,45)(H,46,47)(H,49,50)(H,33,43,48)/t12-,16-,17-,19-,20+,23-/m0/s1. The number of carbonyl (C=O) groups is 5. The first-order valence-electron chi connectivity index (χ1n) is 15.4. The number of aliphatic hydroxyl groups excluding tert-OH is 3. The third-order valence-electron chi connectivity index (χ3n) is 7.56. The number of carboxylic acid groups (broad SMARTS) is 3. The summed E-state index contributed by atoms with van der Waals surface area (Å²) in [5.74, 6) is -7.25. The molecule has 290 valence electrons. The number of benzene rings is 1.